The Morgan fingerprint density at radius 1 is 1.43 bits per heavy atom. The number of nitrogens with one attached hydrogen (secondary N) is 1. The average Bonchev–Trinajstić information content (AvgIpc) is 2.83. The van der Waals surface area contributed by atoms with Crippen LogP contribution in [0.2, 0.25) is 0 Å². The number of hydrogen-bond donors (Lipinski definition) is 1. The van der Waals surface area contributed by atoms with Gasteiger partial charge < -0.3 is 9.64 Å². The molecule has 116 valence electrons. The molecule has 0 spiro atoms. The molecule has 1 aliphatic rings. The van der Waals surface area contributed by atoms with Crippen LogP contribution in [0.25, 0.3) is 0 Å². The topological polar surface area (TPSA) is 41.6 Å². The zero-order valence-corrected chi connectivity index (χ0v) is 13.0. The summed E-state index contributed by atoms with van der Waals surface area (Å²) in [5, 5.41) is 3.34. The number of methoxy groups -OCH3 is 1. The summed E-state index contributed by atoms with van der Waals surface area (Å²) in [5.41, 5.74) is 0.745. The Morgan fingerprint density at radius 2 is 2.14 bits per heavy atom. The molecule has 1 heterocycles. The molecule has 21 heavy (non-hydrogen) atoms. The van der Waals surface area contributed by atoms with Crippen LogP contribution in [-0.4, -0.2) is 30.5 Å². The Bertz CT molecular complexity index is 521. The lowest BCUT2D eigenvalue weighted by atomic mass is 9.99. The number of carbonyl (C=O) groups is 1. The standard InChI is InChI=1S/C16H23FN2O2/c1-5-10(3)14-16(20)19(6-2)15(18-14)11-7-8-13(21-4)12(17)9-11/h7-10,14-15,18H,5-6H2,1-4H3. The lowest BCUT2D eigenvalue weighted by Crippen LogP contribution is -2.35. The van der Waals surface area contributed by atoms with Gasteiger partial charge >= 0.3 is 0 Å². The van der Waals surface area contributed by atoms with Gasteiger partial charge in [0.25, 0.3) is 0 Å². The van der Waals surface area contributed by atoms with Crippen molar-refractivity contribution >= 4 is 5.91 Å². The highest BCUT2D eigenvalue weighted by Crippen LogP contribution is 2.30. The molecule has 1 saturated heterocycles. The monoisotopic (exact) mass is 294 g/mol. The fourth-order valence-corrected chi connectivity index (χ4v) is 2.75. The van der Waals surface area contributed by atoms with E-state index in [2.05, 4.69) is 19.2 Å². The van der Waals surface area contributed by atoms with E-state index < -0.39 is 5.82 Å². The zero-order valence-electron chi connectivity index (χ0n) is 13.0. The van der Waals surface area contributed by atoms with Crippen LogP contribution >= 0.6 is 0 Å². The molecule has 0 saturated carbocycles. The lowest BCUT2D eigenvalue weighted by molar-refractivity contribution is -0.130. The second kappa shape index (κ2) is 6.43. The fourth-order valence-electron chi connectivity index (χ4n) is 2.75. The van der Waals surface area contributed by atoms with Crippen LogP contribution in [0.15, 0.2) is 18.2 Å². The van der Waals surface area contributed by atoms with E-state index in [4.69, 9.17) is 4.74 Å². The van der Waals surface area contributed by atoms with E-state index >= 15 is 0 Å². The maximum absolute atomic E-state index is 13.9. The van der Waals surface area contributed by atoms with Crippen LogP contribution in [0.1, 0.15) is 38.9 Å². The first-order valence-corrected chi connectivity index (χ1v) is 7.43. The summed E-state index contributed by atoms with van der Waals surface area (Å²) in [4.78, 5) is 14.2. The molecule has 1 aromatic rings. The van der Waals surface area contributed by atoms with Gasteiger partial charge in [-0.25, -0.2) is 4.39 Å². The molecule has 0 aromatic heterocycles. The molecule has 0 aliphatic carbocycles. The molecule has 4 nitrogen and oxygen atoms in total. The van der Waals surface area contributed by atoms with Crippen molar-refractivity contribution in [2.24, 2.45) is 5.92 Å². The van der Waals surface area contributed by atoms with Crippen LogP contribution < -0.4 is 10.1 Å². The number of ether oxygens (including phenoxy) is 1. The maximum Gasteiger partial charge on any atom is 0.241 e. The third-order valence-corrected chi connectivity index (χ3v) is 4.24. The van der Waals surface area contributed by atoms with Crippen LogP contribution in [0.3, 0.4) is 0 Å². The molecular formula is C16H23FN2O2. The third-order valence-electron chi connectivity index (χ3n) is 4.24. The number of rotatable bonds is 5. The Balaban J connectivity index is 2.30. The minimum absolute atomic E-state index is 0.0908. The average molecular weight is 294 g/mol. The number of likely N-dealkylation sites (N-methyl/N-ethyl adjacent to an activating group) is 1. The fraction of sp³-hybridized carbons (Fsp3) is 0.562. The van der Waals surface area contributed by atoms with E-state index in [0.717, 1.165) is 12.0 Å². The van der Waals surface area contributed by atoms with Gasteiger partial charge in [0.15, 0.2) is 11.6 Å². The molecule has 1 amide bonds. The minimum Gasteiger partial charge on any atom is -0.494 e. The number of nitrogens with zero attached hydrogens (tertiary/aromatic N) is 1. The first kappa shape index (κ1) is 15.8. The highest BCUT2D eigenvalue weighted by Gasteiger charge is 2.40. The number of halogens is 1. The van der Waals surface area contributed by atoms with Crippen LogP contribution in [0.5, 0.6) is 5.75 Å². The van der Waals surface area contributed by atoms with E-state index in [1.54, 1.807) is 17.0 Å². The number of amides is 1. The quantitative estimate of drug-likeness (QED) is 0.908. The molecule has 3 atom stereocenters. The Labute approximate surface area is 125 Å². The first-order valence-electron chi connectivity index (χ1n) is 7.43. The Morgan fingerprint density at radius 3 is 2.67 bits per heavy atom. The molecule has 0 radical (unpaired) electrons. The van der Waals surface area contributed by atoms with Gasteiger partial charge in [0.2, 0.25) is 5.91 Å². The molecule has 5 heteroatoms. The molecule has 1 aromatic carbocycles. The van der Waals surface area contributed by atoms with Crippen molar-refractivity contribution in [1.29, 1.82) is 0 Å². The summed E-state index contributed by atoms with van der Waals surface area (Å²) in [5.74, 6) is 0.143. The van der Waals surface area contributed by atoms with Crippen molar-refractivity contribution in [3.63, 3.8) is 0 Å². The molecule has 2 rings (SSSR count). The molecule has 1 N–H and O–H groups in total. The maximum atomic E-state index is 13.9. The van der Waals surface area contributed by atoms with Crippen LogP contribution in [0.4, 0.5) is 4.39 Å². The number of carbonyl (C=O) groups excluding carboxylic acids is 1. The summed E-state index contributed by atoms with van der Waals surface area (Å²) in [7, 11) is 1.44. The first-order chi connectivity index (χ1) is 10.0. The lowest BCUT2D eigenvalue weighted by Gasteiger charge is -2.23. The Kier molecular flexibility index (Phi) is 4.83. The van der Waals surface area contributed by atoms with Crippen molar-refractivity contribution in [1.82, 2.24) is 10.2 Å². The summed E-state index contributed by atoms with van der Waals surface area (Å²) >= 11 is 0. The predicted molar refractivity (Wildman–Crippen MR) is 79.5 cm³/mol. The largest absolute Gasteiger partial charge is 0.494 e. The summed E-state index contributed by atoms with van der Waals surface area (Å²) in [6, 6.07) is 4.63. The van der Waals surface area contributed by atoms with E-state index in [1.165, 1.54) is 13.2 Å². The van der Waals surface area contributed by atoms with Crippen molar-refractivity contribution in [3.8, 4) is 5.75 Å². The predicted octanol–water partition coefficient (Wildman–Crippen LogP) is 2.70. The highest BCUT2D eigenvalue weighted by molar-refractivity contribution is 5.84. The summed E-state index contributed by atoms with van der Waals surface area (Å²) < 4.78 is 18.8. The van der Waals surface area contributed by atoms with E-state index in [1.807, 2.05) is 6.92 Å². The van der Waals surface area contributed by atoms with E-state index in [9.17, 15) is 9.18 Å². The van der Waals surface area contributed by atoms with E-state index in [0.29, 0.717) is 6.54 Å². The summed E-state index contributed by atoms with van der Waals surface area (Å²) in [6.45, 7) is 6.65. The van der Waals surface area contributed by atoms with Crippen LogP contribution in [0, 0.1) is 11.7 Å². The molecule has 0 bridgehead atoms. The van der Waals surface area contributed by atoms with Gasteiger partial charge in [0.05, 0.1) is 13.2 Å². The second-order valence-electron chi connectivity index (χ2n) is 5.45. The normalized spacial score (nSPS) is 23.5. The Hall–Kier alpha value is -1.62. The molecule has 1 aliphatic heterocycles. The zero-order chi connectivity index (χ0) is 15.6. The SMILES string of the molecule is CCC(C)C1NC(c2ccc(OC)c(F)c2)N(CC)C1=O. The van der Waals surface area contributed by atoms with Crippen molar-refractivity contribution in [3.05, 3.63) is 29.6 Å². The van der Waals surface area contributed by atoms with Gasteiger partial charge in [0, 0.05) is 6.54 Å². The van der Waals surface area contributed by atoms with E-state index in [-0.39, 0.29) is 29.8 Å². The van der Waals surface area contributed by atoms with Crippen molar-refractivity contribution < 1.29 is 13.9 Å². The van der Waals surface area contributed by atoms with Gasteiger partial charge in [-0.2, -0.15) is 0 Å². The number of benzene rings is 1. The highest BCUT2D eigenvalue weighted by atomic mass is 19.1. The number of hydrogen-bond acceptors (Lipinski definition) is 3. The van der Waals surface area contributed by atoms with Gasteiger partial charge in [-0.1, -0.05) is 26.3 Å². The smallest absolute Gasteiger partial charge is 0.241 e. The van der Waals surface area contributed by atoms with Gasteiger partial charge in [-0.3, -0.25) is 10.1 Å². The molecule has 1 fully saturated rings. The van der Waals surface area contributed by atoms with Gasteiger partial charge in [0.1, 0.15) is 6.17 Å². The molecule has 3 unspecified atom stereocenters. The minimum atomic E-state index is -0.410. The second-order valence-corrected chi connectivity index (χ2v) is 5.45. The third kappa shape index (κ3) is 2.88. The molecular weight excluding hydrogens is 271 g/mol. The van der Waals surface area contributed by atoms with Gasteiger partial charge in [-0.15, -0.1) is 0 Å². The van der Waals surface area contributed by atoms with Gasteiger partial charge in [-0.05, 0) is 30.5 Å². The van der Waals surface area contributed by atoms with Crippen LogP contribution in [-0.2, 0) is 4.79 Å². The van der Waals surface area contributed by atoms with Crippen molar-refractivity contribution in [2.75, 3.05) is 13.7 Å². The summed E-state index contributed by atoms with van der Waals surface area (Å²) in [6.07, 6.45) is 0.645. The van der Waals surface area contributed by atoms with Crippen molar-refractivity contribution in [2.45, 2.75) is 39.4 Å².